The van der Waals surface area contributed by atoms with Gasteiger partial charge in [0.25, 0.3) is 5.91 Å². The zero-order chi connectivity index (χ0) is 20.5. The van der Waals surface area contributed by atoms with Crippen LogP contribution in [0.25, 0.3) is 0 Å². The van der Waals surface area contributed by atoms with E-state index >= 15 is 0 Å². The second-order valence-corrected chi connectivity index (χ2v) is 6.10. The highest BCUT2D eigenvalue weighted by Crippen LogP contribution is 2.27. The monoisotopic (exact) mass is 405 g/mol. The van der Waals surface area contributed by atoms with Gasteiger partial charge < -0.3 is 25.4 Å². The van der Waals surface area contributed by atoms with E-state index in [1.165, 1.54) is 20.1 Å². The fourth-order valence-corrected chi connectivity index (χ4v) is 2.40. The maximum absolute atomic E-state index is 11.9. The Kier molecular flexibility index (Phi) is 7.65. The number of amides is 3. The number of hydrogen-bond donors (Lipinski definition) is 3. The van der Waals surface area contributed by atoms with Crippen molar-refractivity contribution in [3.63, 3.8) is 0 Å². The molecule has 0 radical (unpaired) electrons. The minimum Gasteiger partial charge on any atom is -0.495 e. The van der Waals surface area contributed by atoms with Gasteiger partial charge in [0.15, 0.2) is 6.61 Å². The van der Waals surface area contributed by atoms with Crippen molar-refractivity contribution in [1.29, 1.82) is 0 Å². The maximum Gasteiger partial charge on any atom is 0.328 e. The molecule has 0 fully saturated rings. The first-order valence-corrected chi connectivity index (χ1v) is 8.69. The molecule has 148 valence electrons. The zero-order valence-corrected chi connectivity index (χ0v) is 16.1. The minimum absolute atomic E-state index is 0.333. The van der Waals surface area contributed by atoms with Crippen molar-refractivity contribution in [3.05, 3.63) is 53.6 Å². The molecule has 9 heteroatoms. The lowest BCUT2D eigenvalue weighted by atomic mass is 10.3. The van der Waals surface area contributed by atoms with Gasteiger partial charge in [-0.2, -0.15) is 0 Å². The summed E-state index contributed by atoms with van der Waals surface area (Å²) in [5.41, 5.74) is 1.01. The average Bonchev–Trinajstić information content (AvgIpc) is 2.67. The van der Waals surface area contributed by atoms with Crippen molar-refractivity contribution in [2.45, 2.75) is 13.0 Å². The third kappa shape index (κ3) is 6.48. The Bertz CT molecular complexity index is 845. The number of urea groups is 1. The number of hydrogen-bond acceptors (Lipinski definition) is 5. The van der Waals surface area contributed by atoms with E-state index in [-0.39, 0.29) is 0 Å². The van der Waals surface area contributed by atoms with Gasteiger partial charge in [-0.3, -0.25) is 4.79 Å². The summed E-state index contributed by atoms with van der Waals surface area (Å²) >= 11 is 5.98. The van der Waals surface area contributed by atoms with Crippen LogP contribution in [0.3, 0.4) is 0 Å². The van der Waals surface area contributed by atoms with Gasteiger partial charge in [0, 0.05) is 11.4 Å². The summed E-state index contributed by atoms with van der Waals surface area (Å²) in [4.78, 5) is 35.7. The Labute approximate surface area is 167 Å². The van der Waals surface area contributed by atoms with E-state index in [1.807, 2.05) is 6.07 Å². The molecule has 0 unspecified atom stereocenters. The number of carbonyl (C=O) groups excluding carboxylic acids is 3. The zero-order valence-electron chi connectivity index (χ0n) is 15.3. The van der Waals surface area contributed by atoms with Crippen LogP contribution >= 0.6 is 11.6 Å². The van der Waals surface area contributed by atoms with Crippen LogP contribution < -0.4 is 20.7 Å². The van der Waals surface area contributed by atoms with Crippen molar-refractivity contribution in [3.8, 4) is 5.75 Å². The molecule has 2 aromatic rings. The largest absolute Gasteiger partial charge is 0.495 e. The van der Waals surface area contributed by atoms with Crippen LogP contribution in [-0.4, -0.2) is 37.7 Å². The molecule has 0 spiro atoms. The number of para-hydroxylation sites is 1. The maximum atomic E-state index is 11.9. The van der Waals surface area contributed by atoms with Crippen molar-refractivity contribution in [2.24, 2.45) is 0 Å². The van der Waals surface area contributed by atoms with E-state index in [4.69, 9.17) is 21.1 Å². The second kappa shape index (κ2) is 10.2. The van der Waals surface area contributed by atoms with E-state index in [1.54, 1.807) is 36.4 Å². The van der Waals surface area contributed by atoms with Gasteiger partial charge in [0.1, 0.15) is 11.8 Å². The Morgan fingerprint density at radius 2 is 1.75 bits per heavy atom. The van der Waals surface area contributed by atoms with Crippen LogP contribution in [0, 0.1) is 0 Å². The predicted octanol–water partition coefficient (Wildman–Crippen LogP) is 3.04. The van der Waals surface area contributed by atoms with E-state index in [2.05, 4.69) is 16.0 Å². The summed E-state index contributed by atoms with van der Waals surface area (Å²) in [7, 11) is 1.48. The van der Waals surface area contributed by atoms with E-state index in [0.29, 0.717) is 22.1 Å². The fraction of sp³-hybridized carbons (Fsp3) is 0.211. The molecule has 0 aliphatic heterocycles. The van der Waals surface area contributed by atoms with Gasteiger partial charge in [-0.15, -0.1) is 0 Å². The SMILES string of the molecule is COc1ccc(NC(=O)COC(=O)[C@H](C)NC(=O)Nc2ccccc2)cc1Cl. The highest BCUT2D eigenvalue weighted by Gasteiger charge is 2.18. The third-order valence-corrected chi connectivity index (χ3v) is 3.81. The quantitative estimate of drug-likeness (QED) is 0.614. The third-order valence-electron chi connectivity index (χ3n) is 3.51. The van der Waals surface area contributed by atoms with Crippen molar-refractivity contribution in [2.75, 3.05) is 24.4 Å². The molecule has 3 N–H and O–H groups in total. The molecule has 2 aromatic carbocycles. The number of esters is 1. The molecule has 2 rings (SSSR count). The van der Waals surface area contributed by atoms with Crippen LogP contribution in [0.2, 0.25) is 5.02 Å². The Morgan fingerprint density at radius 3 is 2.39 bits per heavy atom. The first kappa shape index (κ1) is 21.0. The summed E-state index contributed by atoms with van der Waals surface area (Å²) in [6, 6.07) is 12.0. The molecular formula is C19H20ClN3O5. The second-order valence-electron chi connectivity index (χ2n) is 5.69. The van der Waals surface area contributed by atoms with Gasteiger partial charge in [-0.25, -0.2) is 9.59 Å². The van der Waals surface area contributed by atoms with Crippen molar-refractivity contribution in [1.82, 2.24) is 5.32 Å². The number of methoxy groups -OCH3 is 1. The number of benzene rings is 2. The first-order valence-electron chi connectivity index (χ1n) is 8.31. The Morgan fingerprint density at radius 1 is 1.04 bits per heavy atom. The molecule has 3 amide bonds. The lowest BCUT2D eigenvalue weighted by Gasteiger charge is -2.14. The standard InChI is InChI=1S/C19H20ClN3O5/c1-12(21-19(26)23-13-6-4-3-5-7-13)18(25)28-11-17(24)22-14-8-9-16(27-2)15(20)10-14/h3-10,12H,11H2,1-2H3,(H,22,24)(H2,21,23,26)/t12-/m0/s1. The molecule has 0 saturated heterocycles. The highest BCUT2D eigenvalue weighted by atomic mass is 35.5. The summed E-state index contributed by atoms with van der Waals surface area (Å²) < 4.78 is 9.94. The van der Waals surface area contributed by atoms with Crippen LogP contribution in [-0.2, 0) is 14.3 Å². The van der Waals surface area contributed by atoms with Gasteiger partial charge in [0.2, 0.25) is 0 Å². The van der Waals surface area contributed by atoms with Crippen LogP contribution in [0.5, 0.6) is 5.75 Å². The van der Waals surface area contributed by atoms with Crippen LogP contribution in [0.4, 0.5) is 16.2 Å². The lowest BCUT2D eigenvalue weighted by Crippen LogP contribution is -2.42. The Hall–Kier alpha value is -3.26. The van der Waals surface area contributed by atoms with Crippen molar-refractivity contribution >= 4 is 40.9 Å². The van der Waals surface area contributed by atoms with Gasteiger partial charge in [-0.1, -0.05) is 29.8 Å². The smallest absolute Gasteiger partial charge is 0.328 e. The number of halogens is 1. The first-order chi connectivity index (χ1) is 13.4. The molecular weight excluding hydrogens is 386 g/mol. The normalized spacial score (nSPS) is 11.1. The topological polar surface area (TPSA) is 106 Å². The number of rotatable bonds is 7. The van der Waals surface area contributed by atoms with Gasteiger partial charge >= 0.3 is 12.0 Å². The molecule has 0 aromatic heterocycles. The molecule has 8 nitrogen and oxygen atoms in total. The minimum atomic E-state index is -0.938. The van der Waals surface area contributed by atoms with Gasteiger partial charge in [0.05, 0.1) is 12.1 Å². The number of anilines is 2. The Balaban J connectivity index is 1.76. The average molecular weight is 406 g/mol. The fourth-order valence-electron chi connectivity index (χ4n) is 2.15. The highest BCUT2D eigenvalue weighted by molar-refractivity contribution is 6.32. The van der Waals surface area contributed by atoms with Crippen LogP contribution in [0.1, 0.15) is 6.92 Å². The number of nitrogens with one attached hydrogen (secondary N) is 3. The van der Waals surface area contributed by atoms with E-state index in [0.717, 1.165) is 0 Å². The van der Waals surface area contributed by atoms with Gasteiger partial charge in [-0.05, 0) is 37.3 Å². The summed E-state index contributed by atoms with van der Waals surface area (Å²) in [5.74, 6) is -0.818. The van der Waals surface area contributed by atoms with Crippen LogP contribution in [0.15, 0.2) is 48.5 Å². The molecule has 0 saturated carbocycles. The molecule has 0 aliphatic carbocycles. The molecule has 0 heterocycles. The molecule has 28 heavy (non-hydrogen) atoms. The number of ether oxygens (including phenoxy) is 2. The lowest BCUT2D eigenvalue weighted by molar-refractivity contribution is -0.148. The van der Waals surface area contributed by atoms with E-state index in [9.17, 15) is 14.4 Å². The molecule has 0 aliphatic rings. The molecule has 1 atom stereocenters. The molecule has 0 bridgehead atoms. The van der Waals surface area contributed by atoms with E-state index < -0.39 is 30.6 Å². The summed E-state index contributed by atoms with van der Waals surface area (Å²) in [5, 5.41) is 7.89. The predicted molar refractivity (Wildman–Crippen MR) is 106 cm³/mol. The number of carbonyl (C=O) groups is 3. The van der Waals surface area contributed by atoms with Crippen molar-refractivity contribution < 1.29 is 23.9 Å². The summed E-state index contributed by atoms with van der Waals surface area (Å²) in [6.07, 6.45) is 0. The summed E-state index contributed by atoms with van der Waals surface area (Å²) in [6.45, 7) is 0.947.